The minimum absolute atomic E-state index is 0.583. The molecule has 1 rings (SSSR count). The largest absolute Gasteiger partial charge is 0.145 e. The second kappa shape index (κ2) is 11.7. The van der Waals surface area contributed by atoms with E-state index in [0.29, 0.717) is 5.92 Å². The van der Waals surface area contributed by atoms with Gasteiger partial charge < -0.3 is 0 Å². The molecule has 0 aromatic heterocycles. The van der Waals surface area contributed by atoms with Crippen LogP contribution in [0.25, 0.3) is 0 Å². The van der Waals surface area contributed by atoms with E-state index < -0.39 is 8.07 Å². The average molecular weight is 383 g/mol. The summed E-state index contributed by atoms with van der Waals surface area (Å²) in [5, 5.41) is 0. The molecule has 0 aromatic rings. The van der Waals surface area contributed by atoms with Gasteiger partial charge in [0.1, 0.15) is 8.07 Å². The third-order valence-corrected chi connectivity index (χ3v) is 13.3. The molecule has 1 aliphatic carbocycles. The van der Waals surface area contributed by atoms with Crippen LogP contribution in [0.3, 0.4) is 0 Å². The number of hydrogen-bond donors (Lipinski definition) is 0. The SMILES string of the molecule is CC(C)[Si](C#CC(CCCCl)C1CCCCCCC1)(C(C)C)C(C)C. The lowest BCUT2D eigenvalue weighted by Gasteiger charge is -2.38. The van der Waals surface area contributed by atoms with Crippen LogP contribution in [-0.4, -0.2) is 14.0 Å². The zero-order chi connectivity index (χ0) is 18.9. The van der Waals surface area contributed by atoms with Crippen LogP contribution in [0.2, 0.25) is 16.6 Å². The zero-order valence-corrected chi connectivity index (χ0v) is 19.6. The van der Waals surface area contributed by atoms with Gasteiger partial charge in [-0.25, -0.2) is 0 Å². The van der Waals surface area contributed by atoms with E-state index in [1.54, 1.807) is 0 Å². The minimum Gasteiger partial charge on any atom is -0.130 e. The smallest absolute Gasteiger partial charge is 0.130 e. The Labute approximate surface area is 164 Å². The first kappa shape index (κ1) is 23.1. The van der Waals surface area contributed by atoms with Gasteiger partial charge in [-0.05, 0) is 48.2 Å². The van der Waals surface area contributed by atoms with Crippen molar-refractivity contribution >= 4 is 19.7 Å². The van der Waals surface area contributed by atoms with Crippen LogP contribution in [0, 0.1) is 23.3 Å². The fraction of sp³-hybridized carbons (Fsp3) is 0.913. The molecule has 0 nitrogen and oxygen atoms in total. The van der Waals surface area contributed by atoms with Crippen molar-refractivity contribution in [1.82, 2.24) is 0 Å². The third-order valence-electron chi connectivity index (χ3n) is 6.71. The molecule has 0 radical (unpaired) electrons. The Morgan fingerprint density at radius 3 is 1.76 bits per heavy atom. The van der Waals surface area contributed by atoms with Crippen LogP contribution < -0.4 is 0 Å². The average Bonchev–Trinajstić information content (AvgIpc) is 2.50. The molecule has 1 unspecified atom stereocenters. The summed E-state index contributed by atoms with van der Waals surface area (Å²) < 4.78 is 0. The van der Waals surface area contributed by atoms with Crippen molar-refractivity contribution in [2.45, 2.75) is 116 Å². The molecule has 25 heavy (non-hydrogen) atoms. The van der Waals surface area contributed by atoms with Gasteiger partial charge in [0.15, 0.2) is 0 Å². The van der Waals surface area contributed by atoms with Crippen molar-refractivity contribution in [3.63, 3.8) is 0 Å². The Bertz CT molecular complexity index is 386. The van der Waals surface area contributed by atoms with Gasteiger partial charge in [0.2, 0.25) is 0 Å². The predicted octanol–water partition coefficient (Wildman–Crippen LogP) is 8.20. The first-order chi connectivity index (χ1) is 11.9. The third kappa shape index (κ3) is 6.62. The fourth-order valence-corrected chi connectivity index (χ4v) is 10.7. The quantitative estimate of drug-likeness (QED) is 0.236. The topological polar surface area (TPSA) is 0 Å². The molecular formula is C23H43ClSi. The van der Waals surface area contributed by atoms with Crippen LogP contribution in [-0.2, 0) is 0 Å². The lowest BCUT2D eigenvalue weighted by molar-refractivity contribution is 0.299. The van der Waals surface area contributed by atoms with Crippen molar-refractivity contribution in [2.75, 3.05) is 5.88 Å². The van der Waals surface area contributed by atoms with Gasteiger partial charge in [-0.3, -0.25) is 0 Å². The van der Waals surface area contributed by atoms with Gasteiger partial charge in [0.25, 0.3) is 0 Å². The highest BCUT2D eigenvalue weighted by Crippen LogP contribution is 2.41. The van der Waals surface area contributed by atoms with Crippen molar-refractivity contribution in [3.05, 3.63) is 0 Å². The Morgan fingerprint density at radius 1 is 0.840 bits per heavy atom. The molecule has 0 bridgehead atoms. The van der Waals surface area contributed by atoms with E-state index in [9.17, 15) is 0 Å². The molecule has 0 aromatic carbocycles. The molecule has 0 spiro atoms. The molecule has 0 N–H and O–H groups in total. The highest BCUT2D eigenvalue weighted by Gasteiger charge is 2.41. The summed E-state index contributed by atoms with van der Waals surface area (Å²) in [7, 11) is -1.61. The van der Waals surface area contributed by atoms with Crippen molar-refractivity contribution in [3.8, 4) is 11.5 Å². The second-order valence-electron chi connectivity index (χ2n) is 9.21. The van der Waals surface area contributed by atoms with Crippen molar-refractivity contribution in [1.29, 1.82) is 0 Å². The van der Waals surface area contributed by atoms with E-state index in [2.05, 4.69) is 53.0 Å². The molecular weight excluding hydrogens is 340 g/mol. The Hall–Kier alpha value is 0.0669. The summed E-state index contributed by atoms with van der Waals surface area (Å²) in [5.74, 6) is 6.09. The highest BCUT2D eigenvalue weighted by atomic mass is 35.5. The molecule has 1 saturated carbocycles. The first-order valence-electron chi connectivity index (χ1n) is 10.9. The summed E-state index contributed by atoms with van der Waals surface area (Å²) in [6.07, 6.45) is 12.2. The van der Waals surface area contributed by atoms with Gasteiger partial charge in [-0.1, -0.05) is 73.6 Å². The Morgan fingerprint density at radius 2 is 1.32 bits per heavy atom. The molecule has 1 atom stereocenters. The molecule has 1 fully saturated rings. The normalized spacial score (nSPS) is 18.8. The maximum Gasteiger partial charge on any atom is 0.145 e. The molecule has 2 heteroatoms. The van der Waals surface area contributed by atoms with E-state index in [0.717, 1.165) is 34.8 Å². The molecule has 0 aliphatic heterocycles. The minimum atomic E-state index is -1.61. The van der Waals surface area contributed by atoms with E-state index in [-0.39, 0.29) is 0 Å². The zero-order valence-electron chi connectivity index (χ0n) is 17.8. The van der Waals surface area contributed by atoms with Gasteiger partial charge in [-0.2, -0.15) is 0 Å². The molecule has 1 aliphatic rings. The van der Waals surface area contributed by atoms with Crippen LogP contribution in [0.5, 0.6) is 0 Å². The van der Waals surface area contributed by atoms with E-state index in [1.807, 2.05) is 0 Å². The van der Waals surface area contributed by atoms with Crippen LogP contribution >= 0.6 is 11.6 Å². The first-order valence-corrected chi connectivity index (χ1v) is 13.7. The number of halogens is 1. The van der Waals surface area contributed by atoms with Gasteiger partial charge >= 0.3 is 0 Å². The monoisotopic (exact) mass is 382 g/mol. The maximum absolute atomic E-state index is 6.04. The highest BCUT2D eigenvalue weighted by molar-refractivity contribution is 6.90. The summed E-state index contributed by atoms with van der Waals surface area (Å²) >= 11 is 6.04. The standard InChI is InChI=1S/C23H43ClSi/c1-19(2)25(20(3)4,21(5)6)18-16-23(15-12-17-24)22-13-10-8-7-9-11-14-22/h19-23H,7-15,17H2,1-6H3. The summed E-state index contributed by atoms with van der Waals surface area (Å²) in [5.41, 5.74) is 6.20. The van der Waals surface area contributed by atoms with E-state index in [4.69, 9.17) is 11.6 Å². The predicted molar refractivity (Wildman–Crippen MR) is 118 cm³/mol. The van der Waals surface area contributed by atoms with Crippen molar-refractivity contribution in [2.24, 2.45) is 11.8 Å². The van der Waals surface area contributed by atoms with Crippen LogP contribution in [0.4, 0.5) is 0 Å². The second-order valence-corrected chi connectivity index (χ2v) is 15.2. The van der Waals surface area contributed by atoms with E-state index in [1.165, 1.54) is 51.4 Å². The van der Waals surface area contributed by atoms with Crippen LogP contribution in [0.15, 0.2) is 0 Å². The fourth-order valence-electron chi connectivity index (χ4n) is 5.26. The summed E-state index contributed by atoms with van der Waals surface area (Å²) in [6.45, 7) is 14.5. The van der Waals surface area contributed by atoms with Crippen molar-refractivity contribution < 1.29 is 0 Å². The van der Waals surface area contributed by atoms with Gasteiger partial charge in [-0.15, -0.1) is 23.1 Å². The lowest BCUT2D eigenvalue weighted by Crippen LogP contribution is -2.43. The molecule has 0 saturated heterocycles. The molecule has 0 amide bonds. The molecule has 146 valence electrons. The van der Waals surface area contributed by atoms with Crippen LogP contribution in [0.1, 0.15) is 99.3 Å². The summed E-state index contributed by atoms with van der Waals surface area (Å²) in [6, 6.07) is 0. The van der Waals surface area contributed by atoms with E-state index >= 15 is 0 Å². The number of rotatable bonds is 7. The Kier molecular flexibility index (Phi) is 10.8. The van der Waals surface area contributed by atoms with Gasteiger partial charge in [0.05, 0.1) is 0 Å². The maximum atomic E-state index is 6.04. The summed E-state index contributed by atoms with van der Waals surface area (Å²) in [4.78, 5) is 0. The lowest BCUT2D eigenvalue weighted by atomic mass is 9.80. The van der Waals surface area contributed by atoms with Gasteiger partial charge in [0, 0.05) is 11.8 Å². The molecule has 0 heterocycles. The number of alkyl halides is 1. The number of hydrogen-bond acceptors (Lipinski definition) is 0. The Balaban J connectivity index is 3.07.